The molecule has 1 aliphatic carbocycles. The predicted octanol–water partition coefficient (Wildman–Crippen LogP) is 5.60. The van der Waals surface area contributed by atoms with Gasteiger partial charge in [0.2, 0.25) is 11.8 Å². The van der Waals surface area contributed by atoms with Gasteiger partial charge in [-0.3, -0.25) is 9.59 Å². The predicted molar refractivity (Wildman–Crippen MR) is 143 cm³/mol. The van der Waals surface area contributed by atoms with Gasteiger partial charge >= 0.3 is 6.09 Å². The Morgan fingerprint density at radius 3 is 2.53 bits per heavy atom. The molecule has 0 bridgehead atoms. The van der Waals surface area contributed by atoms with Crippen LogP contribution >= 0.6 is 0 Å². The number of phenols is 1. The monoisotopic (exact) mass is 515 g/mol. The van der Waals surface area contributed by atoms with Gasteiger partial charge in [0, 0.05) is 11.5 Å². The van der Waals surface area contributed by atoms with Crippen LogP contribution in [0.1, 0.15) is 50.2 Å². The van der Waals surface area contributed by atoms with Crippen molar-refractivity contribution in [3.05, 3.63) is 76.9 Å². The normalized spacial score (nSPS) is 25.0. The molecule has 38 heavy (non-hydrogen) atoms. The molecule has 5 rings (SSSR count). The molecule has 0 aromatic heterocycles. The first kappa shape index (κ1) is 25.9. The molecule has 1 N–H and O–H groups in total. The third-order valence-electron chi connectivity index (χ3n) is 8.00. The number of nitrogens with zero attached hydrogens (tertiary/aromatic N) is 1. The molecule has 2 aromatic rings. The van der Waals surface area contributed by atoms with Crippen LogP contribution in [0.3, 0.4) is 0 Å². The van der Waals surface area contributed by atoms with Crippen molar-refractivity contribution in [3.8, 4) is 5.75 Å². The lowest BCUT2D eigenvalue weighted by Gasteiger charge is -2.32. The highest BCUT2D eigenvalue weighted by Gasteiger charge is 2.58. The van der Waals surface area contributed by atoms with E-state index in [2.05, 4.69) is 19.1 Å². The minimum atomic E-state index is -0.912. The molecular formula is C31H33NO6. The number of carbonyl (C=O) groups is 3. The summed E-state index contributed by atoms with van der Waals surface area (Å²) in [7, 11) is 1.18. The van der Waals surface area contributed by atoms with Gasteiger partial charge in [0.15, 0.2) is 0 Å². The van der Waals surface area contributed by atoms with Crippen LogP contribution in [-0.4, -0.2) is 47.7 Å². The Morgan fingerprint density at radius 2 is 1.82 bits per heavy atom. The van der Waals surface area contributed by atoms with Crippen molar-refractivity contribution in [2.24, 2.45) is 17.8 Å². The maximum atomic E-state index is 13.2. The Morgan fingerprint density at radius 1 is 1.08 bits per heavy atom. The molecule has 2 aliphatic heterocycles. The molecule has 2 saturated heterocycles. The Kier molecular flexibility index (Phi) is 7.47. The van der Waals surface area contributed by atoms with Crippen LogP contribution in [-0.2, 0) is 19.1 Å². The summed E-state index contributed by atoms with van der Waals surface area (Å²) >= 11 is 0. The van der Waals surface area contributed by atoms with Crippen LogP contribution in [0.25, 0.3) is 11.6 Å². The number of phenolic OH excluding ortho intramolecular Hbond substituents is 1. The Balaban J connectivity index is 1.43. The van der Waals surface area contributed by atoms with Crippen LogP contribution in [0, 0.1) is 17.8 Å². The summed E-state index contributed by atoms with van der Waals surface area (Å²) in [5.74, 6) is -2.05. The van der Waals surface area contributed by atoms with E-state index < -0.39 is 29.7 Å². The zero-order valence-electron chi connectivity index (χ0n) is 21.8. The summed E-state index contributed by atoms with van der Waals surface area (Å²) in [4.78, 5) is 39.2. The van der Waals surface area contributed by atoms with Gasteiger partial charge in [-0.1, -0.05) is 67.4 Å². The number of aromatic hydroxyl groups is 1. The van der Waals surface area contributed by atoms with E-state index in [1.165, 1.54) is 12.7 Å². The average molecular weight is 516 g/mol. The van der Waals surface area contributed by atoms with Crippen molar-refractivity contribution in [1.29, 1.82) is 0 Å². The average Bonchev–Trinajstić information content (AvgIpc) is 3.46. The molecule has 7 heteroatoms. The van der Waals surface area contributed by atoms with Crippen LogP contribution in [0.15, 0.2) is 65.7 Å². The summed E-state index contributed by atoms with van der Waals surface area (Å²) in [6.07, 6.45) is 4.56. The molecule has 2 aromatic carbocycles. The number of methoxy groups -OCH3 is 1. The first-order chi connectivity index (χ1) is 18.4. The maximum absolute atomic E-state index is 13.2. The summed E-state index contributed by atoms with van der Waals surface area (Å²) in [5.41, 5.74) is 5.22. The van der Waals surface area contributed by atoms with Gasteiger partial charge in [-0.2, -0.15) is 4.90 Å². The molecular weight excluding hydrogens is 482 g/mol. The third kappa shape index (κ3) is 4.67. The van der Waals surface area contributed by atoms with Crippen molar-refractivity contribution in [3.63, 3.8) is 0 Å². The fourth-order valence-corrected chi connectivity index (χ4v) is 6.32. The number of rotatable bonds is 7. The fourth-order valence-electron chi connectivity index (χ4n) is 6.32. The standard InChI is InChI=1S/C31H33NO6/c1-3-9-22-17-23-28(30(35)32(29(23)34)31(36)37-2)24-18-38-26(27(22)24)15-14-20(19-10-5-4-6-11-19)16-21-12-7-8-13-25(21)33/h4-8,10-13,16,23-24,26,28,33H,3,9,14-15,17-18H2,1-2H3/b20-16-/t23-,24+,26-,28-/m1/s1. The summed E-state index contributed by atoms with van der Waals surface area (Å²) in [5, 5.41) is 10.4. The molecule has 0 unspecified atom stereocenters. The molecule has 3 amide bonds. The zero-order valence-corrected chi connectivity index (χ0v) is 21.8. The molecule has 2 fully saturated rings. The Bertz CT molecular complexity index is 1300. The first-order valence-electron chi connectivity index (χ1n) is 13.3. The molecule has 7 nitrogen and oxygen atoms in total. The second-order valence-electron chi connectivity index (χ2n) is 10.2. The second kappa shape index (κ2) is 11.0. The van der Waals surface area contributed by atoms with Crippen LogP contribution in [0.2, 0.25) is 0 Å². The van der Waals surface area contributed by atoms with Crippen molar-refractivity contribution < 1.29 is 29.0 Å². The van der Waals surface area contributed by atoms with Gasteiger partial charge in [0.05, 0.1) is 31.7 Å². The minimum absolute atomic E-state index is 0.172. The number of allylic oxidation sites excluding steroid dienone is 2. The molecule has 0 radical (unpaired) electrons. The van der Waals surface area contributed by atoms with E-state index in [1.54, 1.807) is 12.1 Å². The topological polar surface area (TPSA) is 93.1 Å². The van der Waals surface area contributed by atoms with Crippen LogP contribution in [0.5, 0.6) is 5.75 Å². The number of amides is 3. The SMILES string of the molecule is CCCC1=C2[C@@H](CC/C(=C/c3ccccc3O)c3ccccc3)OC[C@@H]2[C@@H]2C(=O)N(C(=O)OC)C(=O)[C@@H]2C1. The number of hydrogen-bond acceptors (Lipinski definition) is 6. The van der Waals surface area contributed by atoms with E-state index in [0.29, 0.717) is 30.8 Å². The number of benzene rings is 2. The van der Waals surface area contributed by atoms with E-state index in [1.807, 2.05) is 36.4 Å². The van der Waals surface area contributed by atoms with E-state index >= 15 is 0 Å². The van der Waals surface area contributed by atoms with E-state index in [4.69, 9.17) is 9.47 Å². The van der Waals surface area contributed by atoms with Crippen molar-refractivity contribution in [2.45, 2.75) is 45.1 Å². The van der Waals surface area contributed by atoms with E-state index in [0.717, 1.165) is 35.1 Å². The highest BCUT2D eigenvalue weighted by molar-refractivity contribution is 6.16. The minimum Gasteiger partial charge on any atom is -0.507 e. The van der Waals surface area contributed by atoms with Gasteiger partial charge in [-0.15, -0.1) is 0 Å². The van der Waals surface area contributed by atoms with Crippen molar-refractivity contribution >= 4 is 29.6 Å². The van der Waals surface area contributed by atoms with Gasteiger partial charge in [0.1, 0.15) is 5.75 Å². The summed E-state index contributed by atoms with van der Waals surface area (Å²) < 4.78 is 11.0. The lowest BCUT2D eigenvalue weighted by Crippen LogP contribution is -2.38. The highest BCUT2D eigenvalue weighted by atomic mass is 16.5. The molecule has 4 atom stereocenters. The molecule has 3 aliphatic rings. The first-order valence-corrected chi connectivity index (χ1v) is 13.3. The van der Waals surface area contributed by atoms with Gasteiger partial charge in [0.25, 0.3) is 0 Å². The molecule has 198 valence electrons. The third-order valence-corrected chi connectivity index (χ3v) is 8.00. The smallest absolute Gasteiger partial charge is 0.423 e. The largest absolute Gasteiger partial charge is 0.507 e. The Hall–Kier alpha value is -3.71. The van der Waals surface area contributed by atoms with Crippen LogP contribution < -0.4 is 0 Å². The molecule has 0 saturated carbocycles. The van der Waals surface area contributed by atoms with Crippen molar-refractivity contribution in [1.82, 2.24) is 4.90 Å². The number of hydrogen-bond donors (Lipinski definition) is 1. The number of carbonyl (C=O) groups excluding carboxylic acids is 3. The van der Waals surface area contributed by atoms with Gasteiger partial charge < -0.3 is 14.6 Å². The van der Waals surface area contributed by atoms with Gasteiger partial charge in [-0.05, 0) is 54.5 Å². The quantitative estimate of drug-likeness (QED) is 0.293. The van der Waals surface area contributed by atoms with E-state index in [9.17, 15) is 19.5 Å². The Labute approximate surface area is 222 Å². The zero-order chi connectivity index (χ0) is 26.8. The highest BCUT2D eigenvalue weighted by Crippen LogP contribution is 2.51. The summed E-state index contributed by atoms with van der Waals surface area (Å²) in [6, 6.07) is 17.3. The van der Waals surface area contributed by atoms with Gasteiger partial charge in [-0.25, -0.2) is 4.79 Å². The molecule has 2 heterocycles. The number of imide groups is 3. The number of para-hydroxylation sites is 1. The van der Waals surface area contributed by atoms with Crippen LogP contribution in [0.4, 0.5) is 4.79 Å². The number of likely N-dealkylation sites (tertiary alicyclic amines) is 1. The fraction of sp³-hybridized carbons (Fsp3) is 0.387. The maximum Gasteiger partial charge on any atom is 0.423 e. The molecule has 0 spiro atoms. The second-order valence-corrected chi connectivity index (χ2v) is 10.2. The van der Waals surface area contributed by atoms with E-state index in [-0.39, 0.29) is 17.8 Å². The number of ether oxygens (including phenoxy) is 2. The lowest BCUT2D eigenvalue weighted by atomic mass is 9.68. The van der Waals surface area contributed by atoms with Crippen molar-refractivity contribution in [2.75, 3.05) is 13.7 Å². The lowest BCUT2D eigenvalue weighted by molar-refractivity contribution is -0.137. The summed E-state index contributed by atoms with van der Waals surface area (Å²) in [6.45, 7) is 2.46. The number of fused-ring (bicyclic) bond motifs is 3.